The van der Waals surface area contributed by atoms with E-state index in [4.69, 9.17) is 11.6 Å². The van der Waals surface area contributed by atoms with E-state index in [2.05, 4.69) is 15.7 Å². The van der Waals surface area contributed by atoms with Gasteiger partial charge in [0.15, 0.2) is 5.82 Å². The number of hydrogen-bond acceptors (Lipinski definition) is 2. The van der Waals surface area contributed by atoms with Crippen LogP contribution in [0.3, 0.4) is 0 Å². The van der Waals surface area contributed by atoms with Gasteiger partial charge in [-0.3, -0.25) is 10.00 Å². The minimum absolute atomic E-state index is 0.0192. The highest BCUT2D eigenvalue weighted by Crippen LogP contribution is 2.18. The molecule has 0 unspecified atom stereocenters. The Hall–Kier alpha value is -2.22. The Labute approximate surface area is 122 Å². The summed E-state index contributed by atoms with van der Waals surface area (Å²) in [5.74, 6) is 0.0192. The van der Waals surface area contributed by atoms with E-state index in [9.17, 15) is 18.0 Å². The number of nitrogens with zero attached hydrogens (tertiary/aromatic N) is 2. The molecule has 0 radical (unpaired) electrons. The molecule has 0 atom stereocenters. The Morgan fingerprint density at radius 2 is 1.86 bits per heavy atom. The molecular weight excluding hydrogens is 309 g/mol. The summed E-state index contributed by atoms with van der Waals surface area (Å²) in [4.78, 5) is 11.6. The third kappa shape index (κ3) is 4.99. The van der Waals surface area contributed by atoms with Crippen molar-refractivity contribution in [2.45, 2.75) is 12.7 Å². The number of carbonyl (C=O) groups is 1. The number of halogens is 4. The second-order valence-corrected chi connectivity index (χ2v) is 4.54. The molecular formula is C12H10ClF3N4O. The van der Waals surface area contributed by atoms with Crippen molar-refractivity contribution in [1.29, 1.82) is 0 Å². The lowest BCUT2D eigenvalue weighted by atomic mass is 10.3. The number of benzene rings is 1. The fourth-order valence-corrected chi connectivity index (χ4v) is 1.64. The molecule has 2 rings (SSSR count). The molecule has 1 aromatic heterocycles. The second-order valence-electron chi connectivity index (χ2n) is 4.10. The van der Waals surface area contributed by atoms with Crippen LogP contribution in [0.5, 0.6) is 0 Å². The Balaban J connectivity index is 1.92. The molecule has 2 aromatic rings. The Morgan fingerprint density at radius 1 is 1.19 bits per heavy atom. The van der Waals surface area contributed by atoms with Crippen molar-refractivity contribution in [2.75, 3.05) is 10.6 Å². The van der Waals surface area contributed by atoms with E-state index in [1.54, 1.807) is 24.3 Å². The molecule has 0 aliphatic rings. The smallest absolute Gasteiger partial charge is 0.308 e. The molecule has 0 saturated carbocycles. The largest absolute Gasteiger partial charge is 0.408 e. The molecule has 0 aliphatic heterocycles. The van der Waals surface area contributed by atoms with Crippen LogP contribution in [0.15, 0.2) is 36.5 Å². The zero-order valence-electron chi connectivity index (χ0n) is 10.5. The van der Waals surface area contributed by atoms with Crippen LogP contribution in [-0.4, -0.2) is 22.0 Å². The third-order valence-electron chi connectivity index (χ3n) is 2.33. The van der Waals surface area contributed by atoms with Gasteiger partial charge in [-0.15, -0.1) is 0 Å². The van der Waals surface area contributed by atoms with Crippen molar-refractivity contribution in [1.82, 2.24) is 9.78 Å². The van der Waals surface area contributed by atoms with Crippen LogP contribution < -0.4 is 10.6 Å². The van der Waals surface area contributed by atoms with Crippen LogP contribution in [0.4, 0.5) is 29.5 Å². The minimum Gasteiger partial charge on any atom is -0.308 e. The molecule has 1 heterocycles. The quantitative estimate of drug-likeness (QED) is 0.905. The van der Waals surface area contributed by atoms with Gasteiger partial charge in [0.1, 0.15) is 6.54 Å². The van der Waals surface area contributed by atoms with Crippen LogP contribution in [0, 0.1) is 0 Å². The number of rotatable bonds is 3. The van der Waals surface area contributed by atoms with E-state index >= 15 is 0 Å². The monoisotopic (exact) mass is 318 g/mol. The molecule has 2 N–H and O–H groups in total. The maximum Gasteiger partial charge on any atom is 0.408 e. The number of hydrogen-bond donors (Lipinski definition) is 2. The maximum absolute atomic E-state index is 12.2. The molecule has 5 nitrogen and oxygen atoms in total. The van der Waals surface area contributed by atoms with Gasteiger partial charge in [-0.2, -0.15) is 18.3 Å². The van der Waals surface area contributed by atoms with E-state index in [1.165, 1.54) is 6.07 Å². The van der Waals surface area contributed by atoms with E-state index in [0.29, 0.717) is 15.4 Å². The lowest BCUT2D eigenvalue weighted by Gasteiger charge is -2.06. The number of urea groups is 1. The molecule has 9 heteroatoms. The van der Waals surface area contributed by atoms with Crippen LogP contribution in [0.2, 0.25) is 5.02 Å². The first-order valence-electron chi connectivity index (χ1n) is 5.76. The van der Waals surface area contributed by atoms with E-state index in [0.717, 1.165) is 6.20 Å². The SMILES string of the molecule is O=C(Nc1ccc(Cl)cc1)Nc1ccn(CC(F)(F)F)n1. The van der Waals surface area contributed by atoms with Gasteiger partial charge in [-0.05, 0) is 24.3 Å². The molecule has 2 amide bonds. The summed E-state index contributed by atoms with van der Waals surface area (Å²) in [6, 6.07) is 7.01. The van der Waals surface area contributed by atoms with Crippen molar-refractivity contribution in [2.24, 2.45) is 0 Å². The zero-order valence-corrected chi connectivity index (χ0v) is 11.2. The van der Waals surface area contributed by atoms with Crippen molar-refractivity contribution < 1.29 is 18.0 Å². The van der Waals surface area contributed by atoms with Gasteiger partial charge in [0.25, 0.3) is 0 Å². The number of anilines is 2. The van der Waals surface area contributed by atoms with Gasteiger partial charge in [-0.25, -0.2) is 4.79 Å². The molecule has 0 fully saturated rings. The normalized spacial score (nSPS) is 11.2. The van der Waals surface area contributed by atoms with Crippen LogP contribution >= 0.6 is 11.6 Å². The minimum atomic E-state index is -4.37. The standard InChI is InChI=1S/C12H10ClF3N4O/c13-8-1-3-9(4-2-8)17-11(21)18-10-5-6-20(19-10)7-12(14,15)16/h1-6H,7H2,(H2,17,18,19,21). The Bertz CT molecular complexity index is 624. The summed E-state index contributed by atoms with van der Waals surface area (Å²) in [6.07, 6.45) is -3.24. The Morgan fingerprint density at radius 3 is 2.48 bits per heavy atom. The molecule has 0 saturated heterocycles. The highest BCUT2D eigenvalue weighted by molar-refractivity contribution is 6.30. The highest BCUT2D eigenvalue weighted by Gasteiger charge is 2.28. The number of alkyl halides is 3. The predicted molar refractivity (Wildman–Crippen MR) is 72.4 cm³/mol. The van der Waals surface area contributed by atoms with Crippen LogP contribution in [-0.2, 0) is 6.54 Å². The molecule has 0 bridgehead atoms. The third-order valence-corrected chi connectivity index (χ3v) is 2.58. The summed E-state index contributed by atoms with van der Waals surface area (Å²) >= 11 is 5.70. The molecule has 1 aromatic carbocycles. The van der Waals surface area contributed by atoms with E-state index in [1.807, 2.05) is 0 Å². The lowest BCUT2D eigenvalue weighted by molar-refractivity contribution is -0.142. The fourth-order valence-electron chi connectivity index (χ4n) is 1.51. The summed E-state index contributed by atoms with van der Waals surface area (Å²) < 4.78 is 37.2. The van der Waals surface area contributed by atoms with Gasteiger partial charge in [-0.1, -0.05) is 11.6 Å². The summed E-state index contributed by atoms with van der Waals surface area (Å²) in [6.45, 7) is -1.21. The van der Waals surface area contributed by atoms with Crippen molar-refractivity contribution in [3.63, 3.8) is 0 Å². The van der Waals surface area contributed by atoms with Gasteiger partial charge >= 0.3 is 12.2 Å². The van der Waals surface area contributed by atoms with Gasteiger partial charge in [0, 0.05) is 23.0 Å². The second kappa shape index (κ2) is 6.04. The number of carbonyl (C=O) groups excluding carboxylic acids is 1. The summed E-state index contributed by atoms with van der Waals surface area (Å²) in [5, 5.41) is 8.94. The van der Waals surface area contributed by atoms with Gasteiger partial charge < -0.3 is 5.32 Å². The molecule has 0 aliphatic carbocycles. The topological polar surface area (TPSA) is 59.0 Å². The predicted octanol–water partition coefficient (Wildman–Crippen LogP) is 3.74. The van der Waals surface area contributed by atoms with Crippen molar-refractivity contribution in [3.8, 4) is 0 Å². The number of amides is 2. The van der Waals surface area contributed by atoms with E-state index in [-0.39, 0.29) is 5.82 Å². The first-order valence-corrected chi connectivity index (χ1v) is 6.13. The van der Waals surface area contributed by atoms with Crippen LogP contribution in [0.1, 0.15) is 0 Å². The molecule has 112 valence electrons. The molecule has 0 spiro atoms. The van der Waals surface area contributed by atoms with Gasteiger partial charge in [0.05, 0.1) is 0 Å². The Kier molecular flexibility index (Phi) is 4.37. The average molecular weight is 319 g/mol. The lowest BCUT2D eigenvalue weighted by Crippen LogP contribution is -2.21. The average Bonchev–Trinajstić information content (AvgIpc) is 2.77. The maximum atomic E-state index is 12.2. The highest BCUT2D eigenvalue weighted by atomic mass is 35.5. The van der Waals surface area contributed by atoms with Gasteiger partial charge in [0.2, 0.25) is 0 Å². The first kappa shape index (κ1) is 15.2. The summed E-state index contributed by atoms with van der Waals surface area (Å²) in [7, 11) is 0. The van der Waals surface area contributed by atoms with E-state index < -0.39 is 18.8 Å². The fraction of sp³-hybridized carbons (Fsp3) is 0.167. The van der Waals surface area contributed by atoms with Crippen molar-refractivity contribution >= 4 is 29.1 Å². The number of nitrogens with one attached hydrogen (secondary N) is 2. The van der Waals surface area contributed by atoms with Crippen LogP contribution in [0.25, 0.3) is 0 Å². The summed E-state index contributed by atoms with van der Waals surface area (Å²) in [5.41, 5.74) is 0.492. The van der Waals surface area contributed by atoms with Crippen molar-refractivity contribution in [3.05, 3.63) is 41.6 Å². The molecule has 21 heavy (non-hydrogen) atoms. The zero-order chi connectivity index (χ0) is 15.5. The first-order chi connectivity index (χ1) is 9.82. The number of aromatic nitrogens is 2.